The summed E-state index contributed by atoms with van der Waals surface area (Å²) in [5, 5.41) is 22.4. The molecule has 0 aliphatic rings. The summed E-state index contributed by atoms with van der Waals surface area (Å²) in [5.74, 6) is 1.20. The topological polar surface area (TPSA) is 97.5 Å². The van der Waals surface area contributed by atoms with Crippen molar-refractivity contribution in [2.45, 2.75) is 40.0 Å². The molecule has 0 saturated carbocycles. The minimum Gasteiger partial charge on any atom is -0.462 e. The van der Waals surface area contributed by atoms with Crippen LogP contribution in [0.2, 0.25) is 0 Å². The van der Waals surface area contributed by atoms with E-state index in [0.29, 0.717) is 16.9 Å². The van der Waals surface area contributed by atoms with Crippen molar-refractivity contribution in [3.8, 4) is 0 Å². The van der Waals surface area contributed by atoms with E-state index in [1.54, 1.807) is 25.0 Å². The molecule has 7 rings (SSSR count). The number of aromatic nitrogens is 2. The van der Waals surface area contributed by atoms with E-state index < -0.39 is 12.1 Å². The first-order valence-corrected chi connectivity index (χ1v) is 16.3. The van der Waals surface area contributed by atoms with Gasteiger partial charge in [-0.25, -0.2) is 9.59 Å². The second-order valence-electron chi connectivity index (χ2n) is 11.7. The quantitative estimate of drug-likeness (QED) is 0.102. The van der Waals surface area contributed by atoms with Crippen molar-refractivity contribution in [3.63, 3.8) is 0 Å². The molecule has 240 valence electrons. The minimum absolute atomic E-state index is 0.194. The highest BCUT2D eigenvalue weighted by Crippen LogP contribution is 2.38. The predicted octanol–water partition coefficient (Wildman–Crippen LogP) is 9.03. The maximum absolute atomic E-state index is 13.4. The summed E-state index contributed by atoms with van der Waals surface area (Å²) in [6.07, 6.45) is -0.226. The number of rotatable bonds is 10. The van der Waals surface area contributed by atoms with Crippen LogP contribution in [-0.4, -0.2) is 32.8 Å². The van der Waals surface area contributed by atoms with Crippen LogP contribution >= 0.6 is 0 Å². The molecule has 0 amide bonds. The van der Waals surface area contributed by atoms with Gasteiger partial charge in [0, 0.05) is 85.4 Å². The fourth-order valence-electron chi connectivity index (χ4n) is 6.86. The van der Waals surface area contributed by atoms with E-state index in [9.17, 15) is 14.7 Å². The largest absolute Gasteiger partial charge is 0.462 e. The van der Waals surface area contributed by atoms with Gasteiger partial charge in [-0.3, -0.25) is 0 Å². The van der Waals surface area contributed by atoms with Crippen molar-refractivity contribution in [3.05, 3.63) is 114 Å². The van der Waals surface area contributed by atoms with Crippen molar-refractivity contribution >= 4 is 78.3 Å². The molecule has 0 radical (unpaired) electrons. The fraction of sp³-hybridized carbons (Fsp3) is 0.175. The average Bonchev–Trinajstić information content (AvgIpc) is 3.60. The van der Waals surface area contributed by atoms with Gasteiger partial charge < -0.3 is 29.6 Å². The molecule has 1 atom stereocenters. The lowest BCUT2D eigenvalue weighted by Crippen LogP contribution is -2.11. The highest BCUT2D eigenvalue weighted by atomic mass is 16.5. The van der Waals surface area contributed by atoms with Crippen LogP contribution in [0.1, 0.15) is 42.8 Å². The van der Waals surface area contributed by atoms with Crippen LogP contribution in [0, 0.1) is 0 Å². The molecule has 5 aromatic carbocycles. The summed E-state index contributed by atoms with van der Waals surface area (Å²) in [7, 11) is 0. The lowest BCUT2D eigenvalue weighted by molar-refractivity contribution is 0.0527. The zero-order chi connectivity index (χ0) is 33.4. The van der Waals surface area contributed by atoms with Gasteiger partial charge in [-0.05, 0) is 81.4 Å². The Balaban J connectivity index is 1.35. The molecular formula is C40H36N4O4. The molecule has 48 heavy (non-hydrogen) atoms. The van der Waals surface area contributed by atoms with Gasteiger partial charge in [-0.2, -0.15) is 0 Å². The van der Waals surface area contributed by atoms with Crippen LogP contribution in [0.3, 0.4) is 0 Å². The average molecular weight is 637 g/mol. The van der Waals surface area contributed by atoms with Crippen molar-refractivity contribution in [2.75, 3.05) is 17.2 Å². The number of hydrogen-bond acceptors (Lipinski definition) is 6. The SMILES string of the molecule is CCOC(=O)c1cc(Nc2ccc3c(c2)c2ccccc2n3CC)c(C(O)C=C=O)cc1Nc1ccc2c(c1)c1ccccc1n2CC. The number of aryl methyl sites for hydroxylation is 2. The van der Waals surface area contributed by atoms with E-state index in [-0.39, 0.29) is 12.2 Å². The van der Waals surface area contributed by atoms with Crippen molar-refractivity contribution in [2.24, 2.45) is 0 Å². The number of nitrogens with zero attached hydrogens (tertiary/aromatic N) is 2. The molecule has 3 N–H and O–H groups in total. The Labute approximate surface area is 277 Å². The van der Waals surface area contributed by atoms with Crippen LogP contribution in [0.5, 0.6) is 0 Å². The molecule has 0 aliphatic heterocycles. The molecule has 2 aromatic heterocycles. The number of anilines is 4. The molecule has 8 heteroatoms. The number of aliphatic hydroxyl groups is 1. The third-order valence-electron chi connectivity index (χ3n) is 8.96. The fourth-order valence-corrected chi connectivity index (χ4v) is 6.86. The van der Waals surface area contributed by atoms with Crippen molar-refractivity contribution in [1.82, 2.24) is 9.13 Å². The van der Waals surface area contributed by atoms with Gasteiger partial charge in [-0.1, -0.05) is 36.4 Å². The Bertz CT molecular complexity index is 2400. The van der Waals surface area contributed by atoms with Crippen molar-refractivity contribution < 1.29 is 19.4 Å². The van der Waals surface area contributed by atoms with Crippen LogP contribution in [0.4, 0.5) is 22.7 Å². The number of carbonyl (C=O) groups excluding carboxylic acids is 2. The first-order chi connectivity index (χ1) is 23.4. The summed E-state index contributed by atoms with van der Waals surface area (Å²) in [4.78, 5) is 24.8. The number of para-hydroxylation sites is 2. The Morgan fingerprint density at radius 2 is 1.25 bits per heavy atom. The smallest absolute Gasteiger partial charge is 0.340 e. The molecular weight excluding hydrogens is 600 g/mol. The maximum Gasteiger partial charge on any atom is 0.340 e. The van der Waals surface area contributed by atoms with E-state index in [1.807, 2.05) is 36.4 Å². The standard InChI is InChI=1S/C40H36N4O4/c1-4-43-35-13-9-7-11-27(35)29-21-25(15-17-37(29)43)41-33-24-32(40(47)48-6-3)34(23-31(33)39(46)19-20-45)42-26-16-18-38-30(22-26)28-12-8-10-14-36(28)44(38)5-2/h7-19,21-24,39,41-42,46H,4-6H2,1-3H3. The summed E-state index contributed by atoms with van der Waals surface area (Å²) >= 11 is 0. The third kappa shape index (κ3) is 5.27. The van der Waals surface area contributed by atoms with Gasteiger partial charge in [0.05, 0.1) is 17.9 Å². The van der Waals surface area contributed by atoms with Crippen LogP contribution in [-0.2, 0) is 22.6 Å². The molecule has 2 heterocycles. The molecule has 1 unspecified atom stereocenters. The van der Waals surface area contributed by atoms with Gasteiger partial charge in [0.25, 0.3) is 0 Å². The van der Waals surface area contributed by atoms with E-state index >= 15 is 0 Å². The predicted molar refractivity (Wildman–Crippen MR) is 194 cm³/mol. The zero-order valence-electron chi connectivity index (χ0n) is 27.1. The number of nitrogens with one attached hydrogen (secondary N) is 2. The molecule has 0 spiro atoms. The summed E-state index contributed by atoms with van der Waals surface area (Å²) in [5.41, 5.74) is 7.62. The highest BCUT2D eigenvalue weighted by molar-refractivity contribution is 6.10. The Kier molecular flexibility index (Phi) is 8.19. The molecule has 7 aromatic rings. The minimum atomic E-state index is -1.28. The monoisotopic (exact) mass is 636 g/mol. The molecule has 0 aliphatic carbocycles. The second-order valence-corrected chi connectivity index (χ2v) is 11.7. The van der Waals surface area contributed by atoms with E-state index in [4.69, 9.17) is 4.74 Å². The Morgan fingerprint density at radius 3 is 1.77 bits per heavy atom. The van der Waals surface area contributed by atoms with E-state index in [2.05, 4.69) is 82.1 Å². The lowest BCUT2D eigenvalue weighted by atomic mass is 10.0. The van der Waals surface area contributed by atoms with E-state index in [1.165, 1.54) is 0 Å². The second kappa shape index (κ2) is 12.8. The highest BCUT2D eigenvalue weighted by Gasteiger charge is 2.21. The van der Waals surface area contributed by atoms with Crippen molar-refractivity contribution in [1.29, 1.82) is 0 Å². The normalized spacial score (nSPS) is 12.0. The first kappa shape index (κ1) is 30.8. The lowest BCUT2D eigenvalue weighted by Gasteiger charge is -2.20. The first-order valence-electron chi connectivity index (χ1n) is 16.3. The Morgan fingerprint density at radius 1 is 0.729 bits per heavy atom. The summed E-state index contributed by atoms with van der Waals surface area (Å²) in [6.45, 7) is 7.87. The van der Waals surface area contributed by atoms with Crippen LogP contribution in [0.15, 0.2) is 103 Å². The maximum atomic E-state index is 13.4. The van der Waals surface area contributed by atoms with E-state index in [0.717, 1.165) is 74.2 Å². The number of hydrogen-bond donors (Lipinski definition) is 3. The number of esters is 1. The van der Waals surface area contributed by atoms with Gasteiger partial charge in [0.15, 0.2) is 0 Å². The number of carbonyl (C=O) groups is 1. The number of aliphatic hydroxyl groups excluding tert-OH is 1. The third-order valence-corrected chi connectivity index (χ3v) is 8.96. The molecule has 0 saturated heterocycles. The number of ether oxygens (including phenoxy) is 1. The molecule has 0 fully saturated rings. The van der Waals surface area contributed by atoms with Gasteiger partial charge in [0.2, 0.25) is 0 Å². The molecule has 0 bridgehead atoms. The van der Waals surface area contributed by atoms with Crippen LogP contribution < -0.4 is 10.6 Å². The van der Waals surface area contributed by atoms with Gasteiger partial charge in [0.1, 0.15) is 12.0 Å². The molecule has 8 nitrogen and oxygen atoms in total. The van der Waals surface area contributed by atoms with Gasteiger partial charge in [-0.15, -0.1) is 0 Å². The Hall–Kier alpha value is -5.82. The van der Waals surface area contributed by atoms with Gasteiger partial charge >= 0.3 is 5.97 Å². The summed E-state index contributed by atoms with van der Waals surface area (Å²) in [6, 6.07) is 32.1. The number of fused-ring (bicyclic) bond motifs is 6. The number of benzene rings is 5. The van der Waals surface area contributed by atoms with Crippen LogP contribution in [0.25, 0.3) is 43.6 Å². The zero-order valence-corrected chi connectivity index (χ0v) is 27.1. The summed E-state index contributed by atoms with van der Waals surface area (Å²) < 4.78 is 10.0.